The van der Waals surface area contributed by atoms with Crippen molar-refractivity contribution in [2.75, 3.05) is 6.61 Å². The van der Waals surface area contributed by atoms with E-state index in [0.717, 1.165) is 48.3 Å². The van der Waals surface area contributed by atoms with Crippen LogP contribution >= 0.6 is 0 Å². The van der Waals surface area contributed by atoms with Crippen LogP contribution in [0.5, 0.6) is 0 Å². The fraction of sp³-hybridized carbons (Fsp3) is 0.875. The second-order valence-corrected chi connectivity index (χ2v) is 18.4. The third-order valence-corrected chi connectivity index (χ3v) is 14.1. The zero-order chi connectivity index (χ0) is 33.4. The van der Waals surface area contributed by atoms with E-state index in [1.165, 1.54) is 82.7 Å². The van der Waals surface area contributed by atoms with Crippen molar-refractivity contribution in [3.05, 3.63) is 22.4 Å². The number of amides is 2. The molecule has 10 fully saturated rings. The van der Waals surface area contributed by atoms with E-state index in [1.807, 2.05) is 25.7 Å². The topological polar surface area (TPSA) is 85.6 Å². The summed E-state index contributed by atoms with van der Waals surface area (Å²) in [4.78, 5) is 40.8. The van der Waals surface area contributed by atoms with E-state index in [4.69, 9.17) is 4.74 Å². The molecule has 1 aromatic heterocycles. The quantitative estimate of drug-likeness (QED) is 0.275. The summed E-state index contributed by atoms with van der Waals surface area (Å²) in [5, 5.41) is 3.39. The van der Waals surface area contributed by atoms with Gasteiger partial charge in [0.25, 0.3) is 0 Å². The first kappa shape index (κ1) is 32.9. The van der Waals surface area contributed by atoms with Crippen molar-refractivity contribution in [3.63, 3.8) is 0 Å². The molecule has 8 heteroatoms. The summed E-state index contributed by atoms with van der Waals surface area (Å²) in [6.07, 6.45) is 20.2. The molecule has 8 bridgehead atoms. The third kappa shape index (κ3) is 6.07. The second kappa shape index (κ2) is 12.8. The summed E-state index contributed by atoms with van der Waals surface area (Å²) in [6, 6.07) is 1.02. The van der Waals surface area contributed by atoms with Gasteiger partial charge in [-0.25, -0.2) is 14.4 Å². The van der Waals surface area contributed by atoms with Crippen LogP contribution in [-0.4, -0.2) is 50.8 Å². The highest BCUT2D eigenvalue weighted by atomic mass is 16.5. The minimum absolute atomic E-state index is 0.0308. The Kier molecular flexibility index (Phi) is 8.79. The molecular weight excluding hydrogens is 600 g/mol. The van der Waals surface area contributed by atoms with Crippen LogP contribution in [0.2, 0.25) is 0 Å². The van der Waals surface area contributed by atoms with Gasteiger partial charge in [-0.05, 0) is 156 Å². The highest BCUT2D eigenvalue weighted by Crippen LogP contribution is 2.58. The van der Waals surface area contributed by atoms with Crippen molar-refractivity contribution in [2.24, 2.45) is 53.3 Å². The van der Waals surface area contributed by atoms with Gasteiger partial charge in [-0.1, -0.05) is 27.7 Å². The zero-order valence-corrected chi connectivity index (χ0v) is 30.3. The smallest absolute Gasteiger partial charge is 0.329 e. The van der Waals surface area contributed by atoms with Crippen molar-refractivity contribution < 1.29 is 14.3 Å². The average molecular weight is 663 g/mol. The number of aromatic nitrogens is 2. The molecule has 0 aromatic carbocycles. The number of esters is 1. The molecule has 1 aromatic rings. The number of urea groups is 1. The molecule has 11 rings (SSSR count). The van der Waals surface area contributed by atoms with Crippen LogP contribution in [0.4, 0.5) is 4.79 Å². The molecule has 1 atom stereocenters. The van der Waals surface area contributed by atoms with E-state index >= 15 is 0 Å². The molecule has 10 aliphatic rings. The fourth-order valence-electron chi connectivity index (χ4n) is 12.4. The SMILES string of the molecule is CC(C)c1cn(C2C3CC4CC(C3)CC2C4)c(=O)n1C1CC1.CCOC(=O)C(C(C)C)N(C(=O)NC1C2CC3CC(C2)CC1C3)C1CC1. The number of carbonyl (C=O) groups is 2. The number of imidazole rings is 1. The summed E-state index contributed by atoms with van der Waals surface area (Å²) in [6.45, 7) is 10.7. The van der Waals surface area contributed by atoms with E-state index in [9.17, 15) is 14.4 Å². The van der Waals surface area contributed by atoms with Gasteiger partial charge in [0, 0.05) is 36.1 Å². The van der Waals surface area contributed by atoms with Gasteiger partial charge in [-0.2, -0.15) is 0 Å². The summed E-state index contributed by atoms with van der Waals surface area (Å²) < 4.78 is 9.64. The fourth-order valence-corrected chi connectivity index (χ4v) is 12.4. The van der Waals surface area contributed by atoms with Crippen molar-refractivity contribution in [2.45, 2.75) is 161 Å². The number of hydrogen-bond donors (Lipinski definition) is 1. The monoisotopic (exact) mass is 662 g/mol. The molecule has 0 aliphatic heterocycles. The lowest BCUT2D eigenvalue weighted by Crippen LogP contribution is -2.61. The standard InChI is InChI=1S/C21H34N2O3.C19H28N2O/c1-4-26-20(24)19(12(2)3)23(17-5-6-17)21(25)22-18-15-8-13-7-14(10-15)11-16(18)9-13;1-11(2)17-10-20(19(22)21(17)16-3-4-16)18-14-6-12-5-13(8-14)9-15(18)7-12/h12-19H,4-11H2,1-3H3,(H,22,25);10-16,18H,3-9H2,1-2H3. The number of nitrogens with zero attached hydrogens (tertiary/aromatic N) is 3. The van der Waals surface area contributed by atoms with Crippen LogP contribution in [0.3, 0.4) is 0 Å². The molecule has 48 heavy (non-hydrogen) atoms. The number of nitrogens with one attached hydrogen (secondary N) is 1. The van der Waals surface area contributed by atoms with Crippen LogP contribution in [-0.2, 0) is 9.53 Å². The highest BCUT2D eigenvalue weighted by Gasteiger charge is 2.51. The number of hydrogen-bond acceptors (Lipinski definition) is 4. The van der Waals surface area contributed by atoms with Crippen LogP contribution < -0.4 is 11.0 Å². The molecule has 0 saturated heterocycles. The number of ether oxygens (including phenoxy) is 1. The lowest BCUT2D eigenvalue weighted by atomic mass is 9.54. The Bertz CT molecular complexity index is 1360. The molecular formula is C40H62N4O4. The Balaban J connectivity index is 0.000000142. The first-order valence-corrected chi connectivity index (χ1v) is 20.2. The van der Waals surface area contributed by atoms with E-state index in [-0.39, 0.29) is 24.0 Å². The maximum absolute atomic E-state index is 13.3. The molecule has 8 nitrogen and oxygen atoms in total. The Morgan fingerprint density at radius 2 is 1.33 bits per heavy atom. The summed E-state index contributed by atoms with van der Waals surface area (Å²) in [5.41, 5.74) is 1.59. The van der Waals surface area contributed by atoms with Gasteiger partial charge in [0.05, 0.1) is 6.61 Å². The Hall–Kier alpha value is -2.25. The number of rotatable bonds is 9. The maximum Gasteiger partial charge on any atom is 0.329 e. The molecule has 1 unspecified atom stereocenters. The molecule has 266 valence electrons. The zero-order valence-electron chi connectivity index (χ0n) is 30.3. The van der Waals surface area contributed by atoms with E-state index in [1.54, 1.807) is 0 Å². The van der Waals surface area contributed by atoms with Crippen molar-refractivity contribution in [3.8, 4) is 0 Å². The van der Waals surface area contributed by atoms with Crippen molar-refractivity contribution in [1.29, 1.82) is 0 Å². The van der Waals surface area contributed by atoms with Crippen LogP contribution in [0, 0.1) is 53.3 Å². The van der Waals surface area contributed by atoms with Crippen molar-refractivity contribution in [1.82, 2.24) is 19.4 Å². The average Bonchev–Trinajstić information content (AvgIpc) is 3.96. The number of carbonyl (C=O) groups excluding carboxylic acids is 2. The Morgan fingerprint density at radius 1 is 0.812 bits per heavy atom. The first-order chi connectivity index (χ1) is 23.1. The second-order valence-electron chi connectivity index (χ2n) is 18.4. The van der Waals surface area contributed by atoms with Crippen LogP contribution in [0.15, 0.2) is 11.0 Å². The lowest BCUT2D eigenvalue weighted by Gasteiger charge is -2.54. The van der Waals surface area contributed by atoms with Gasteiger partial charge in [0.15, 0.2) is 0 Å². The van der Waals surface area contributed by atoms with E-state index < -0.39 is 6.04 Å². The van der Waals surface area contributed by atoms with Gasteiger partial charge < -0.3 is 15.0 Å². The molecule has 10 saturated carbocycles. The largest absolute Gasteiger partial charge is 0.464 e. The van der Waals surface area contributed by atoms with Gasteiger partial charge in [0.1, 0.15) is 6.04 Å². The van der Waals surface area contributed by atoms with Gasteiger partial charge in [-0.3, -0.25) is 9.13 Å². The van der Waals surface area contributed by atoms with Crippen LogP contribution in [0.1, 0.15) is 148 Å². The van der Waals surface area contributed by atoms with E-state index in [0.29, 0.717) is 48.2 Å². The predicted molar refractivity (Wildman–Crippen MR) is 187 cm³/mol. The summed E-state index contributed by atoms with van der Waals surface area (Å²) >= 11 is 0. The maximum atomic E-state index is 13.3. The Labute approximate surface area is 288 Å². The minimum Gasteiger partial charge on any atom is -0.464 e. The first-order valence-electron chi connectivity index (χ1n) is 20.2. The normalized spacial score (nSPS) is 37.8. The molecule has 0 spiro atoms. The molecule has 1 N–H and O–H groups in total. The van der Waals surface area contributed by atoms with Gasteiger partial charge in [-0.15, -0.1) is 0 Å². The van der Waals surface area contributed by atoms with Gasteiger partial charge >= 0.3 is 17.7 Å². The lowest BCUT2D eigenvalue weighted by molar-refractivity contribution is -0.150. The third-order valence-electron chi connectivity index (χ3n) is 14.1. The van der Waals surface area contributed by atoms with Gasteiger partial charge in [0.2, 0.25) is 0 Å². The predicted octanol–water partition coefficient (Wildman–Crippen LogP) is 7.68. The molecule has 0 radical (unpaired) electrons. The summed E-state index contributed by atoms with van der Waals surface area (Å²) in [5.74, 6) is 6.86. The summed E-state index contributed by atoms with van der Waals surface area (Å²) in [7, 11) is 0. The molecule has 1 heterocycles. The highest BCUT2D eigenvalue weighted by molar-refractivity contribution is 5.84. The van der Waals surface area contributed by atoms with E-state index in [2.05, 4.69) is 34.5 Å². The molecule has 10 aliphatic carbocycles. The Morgan fingerprint density at radius 3 is 1.77 bits per heavy atom. The minimum atomic E-state index is -0.473. The van der Waals surface area contributed by atoms with Crippen LogP contribution in [0.25, 0.3) is 0 Å². The van der Waals surface area contributed by atoms with Crippen molar-refractivity contribution >= 4 is 12.0 Å². The molecule has 2 amide bonds.